The molecule has 3 heteroatoms. The Balaban J connectivity index is 2.36. The highest BCUT2D eigenvalue weighted by molar-refractivity contribution is 5.41. The maximum absolute atomic E-state index is 9.17. The van der Waals surface area contributed by atoms with Crippen molar-refractivity contribution in [2.75, 3.05) is 0 Å². The Morgan fingerprint density at radius 1 is 1.10 bits per heavy atom. The molecule has 0 bridgehead atoms. The Morgan fingerprint density at radius 2 is 1.71 bits per heavy atom. The molecular formula is C18H24N2O. The van der Waals surface area contributed by atoms with Crippen LogP contribution in [0.5, 0.6) is 0 Å². The summed E-state index contributed by atoms with van der Waals surface area (Å²) in [5.41, 5.74) is 6.00. The SMILES string of the molecule is Cc1cc(C(C)(C)C)cc(C)c1Cc1nccc(CO)n1. The van der Waals surface area contributed by atoms with Gasteiger partial charge >= 0.3 is 0 Å². The summed E-state index contributed by atoms with van der Waals surface area (Å²) < 4.78 is 0. The molecule has 0 atom stereocenters. The van der Waals surface area contributed by atoms with Crippen LogP contribution in [0.4, 0.5) is 0 Å². The van der Waals surface area contributed by atoms with Crippen LogP contribution >= 0.6 is 0 Å². The van der Waals surface area contributed by atoms with Crippen LogP contribution in [0, 0.1) is 13.8 Å². The average molecular weight is 284 g/mol. The van der Waals surface area contributed by atoms with Crippen molar-refractivity contribution < 1.29 is 5.11 Å². The fourth-order valence-corrected chi connectivity index (χ4v) is 2.48. The molecule has 1 heterocycles. The number of hydrogen-bond donors (Lipinski definition) is 1. The number of aromatic nitrogens is 2. The van der Waals surface area contributed by atoms with E-state index in [2.05, 4.69) is 56.7 Å². The molecule has 1 aromatic carbocycles. The van der Waals surface area contributed by atoms with E-state index in [9.17, 15) is 5.11 Å². The number of nitrogens with zero attached hydrogens (tertiary/aromatic N) is 2. The molecule has 0 aliphatic carbocycles. The van der Waals surface area contributed by atoms with Crippen molar-refractivity contribution in [3.8, 4) is 0 Å². The molecule has 0 spiro atoms. The lowest BCUT2D eigenvalue weighted by Gasteiger charge is -2.22. The first-order valence-electron chi connectivity index (χ1n) is 7.33. The fourth-order valence-electron chi connectivity index (χ4n) is 2.48. The van der Waals surface area contributed by atoms with E-state index in [0.717, 1.165) is 5.82 Å². The third-order valence-electron chi connectivity index (χ3n) is 3.82. The molecule has 0 saturated heterocycles. The minimum Gasteiger partial charge on any atom is -0.390 e. The van der Waals surface area contributed by atoms with Crippen molar-refractivity contribution in [3.05, 3.63) is 58.2 Å². The molecule has 0 radical (unpaired) electrons. The molecule has 0 amide bonds. The number of rotatable bonds is 3. The normalized spacial score (nSPS) is 11.7. The van der Waals surface area contributed by atoms with Gasteiger partial charge in [0.1, 0.15) is 5.82 Å². The molecule has 2 rings (SSSR count). The monoisotopic (exact) mass is 284 g/mol. The zero-order chi connectivity index (χ0) is 15.6. The molecule has 1 aromatic heterocycles. The molecule has 0 unspecified atom stereocenters. The van der Waals surface area contributed by atoms with Crippen molar-refractivity contribution in [1.29, 1.82) is 0 Å². The molecular weight excluding hydrogens is 260 g/mol. The lowest BCUT2D eigenvalue weighted by Crippen LogP contribution is -2.13. The van der Waals surface area contributed by atoms with E-state index in [1.807, 2.05) is 0 Å². The maximum Gasteiger partial charge on any atom is 0.133 e. The number of aliphatic hydroxyl groups excluding tert-OH is 1. The first-order valence-corrected chi connectivity index (χ1v) is 7.33. The highest BCUT2D eigenvalue weighted by Crippen LogP contribution is 2.27. The summed E-state index contributed by atoms with van der Waals surface area (Å²) in [7, 11) is 0. The van der Waals surface area contributed by atoms with Crippen LogP contribution in [0.15, 0.2) is 24.4 Å². The van der Waals surface area contributed by atoms with Gasteiger partial charge in [0.2, 0.25) is 0 Å². The summed E-state index contributed by atoms with van der Waals surface area (Å²) in [6.45, 7) is 10.9. The van der Waals surface area contributed by atoms with Gasteiger partial charge in [-0.3, -0.25) is 0 Å². The highest BCUT2D eigenvalue weighted by Gasteiger charge is 2.16. The molecule has 1 N–H and O–H groups in total. The van der Waals surface area contributed by atoms with Gasteiger partial charge in [0, 0.05) is 12.6 Å². The second kappa shape index (κ2) is 5.94. The molecule has 0 aliphatic heterocycles. The molecule has 0 fully saturated rings. The van der Waals surface area contributed by atoms with Gasteiger partial charge in [0.15, 0.2) is 0 Å². The highest BCUT2D eigenvalue weighted by atomic mass is 16.3. The number of benzene rings is 1. The maximum atomic E-state index is 9.17. The van der Waals surface area contributed by atoms with Gasteiger partial charge < -0.3 is 5.11 Å². The predicted octanol–water partition coefficient (Wildman–Crippen LogP) is 3.47. The summed E-state index contributed by atoms with van der Waals surface area (Å²) in [6.07, 6.45) is 2.41. The van der Waals surface area contributed by atoms with Crippen LogP contribution in [0.1, 0.15) is 54.5 Å². The van der Waals surface area contributed by atoms with E-state index in [1.54, 1.807) is 12.3 Å². The van der Waals surface area contributed by atoms with E-state index >= 15 is 0 Å². The Labute approximate surface area is 127 Å². The van der Waals surface area contributed by atoms with Crippen molar-refractivity contribution in [1.82, 2.24) is 9.97 Å². The summed E-state index contributed by atoms with van der Waals surface area (Å²) in [4.78, 5) is 8.69. The van der Waals surface area contributed by atoms with E-state index in [0.29, 0.717) is 12.1 Å². The van der Waals surface area contributed by atoms with Crippen molar-refractivity contribution >= 4 is 0 Å². The largest absolute Gasteiger partial charge is 0.390 e. The Morgan fingerprint density at radius 3 is 2.24 bits per heavy atom. The molecule has 2 aromatic rings. The second-order valence-corrected chi connectivity index (χ2v) is 6.64. The average Bonchev–Trinajstić information content (AvgIpc) is 2.42. The third-order valence-corrected chi connectivity index (χ3v) is 3.82. The van der Waals surface area contributed by atoms with Crippen LogP contribution in [-0.2, 0) is 18.4 Å². The van der Waals surface area contributed by atoms with Gasteiger partial charge in [-0.25, -0.2) is 9.97 Å². The molecule has 21 heavy (non-hydrogen) atoms. The predicted molar refractivity (Wildman–Crippen MR) is 85.4 cm³/mol. The van der Waals surface area contributed by atoms with Crippen LogP contribution in [-0.4, -0.2) is 15.1 Å². The van der Waals surface area contributed by atoms with Gasteiger partial charge in [0.25, 0.3) is 0 Å². The quantitative estimate of drug-likeness (QED) is 0.938. The van der Waals surface area contributed by atoms with Crippen molar-refractivity contribution in [2.45, 2.75) is 53.1 Å². The zero-order valence-electron chi connectivity index (χ0n) is 13.6. The van der Waals surface area contributed by atoms with Gasteiger partial charge in [0.05, 0.1) is 12.3 Å². The Kier molecular flexibility index (Phi) is 4.43. The van der Waals surface area contributed by atoms with Gasteiger partial charge in [-0.1, -0.05) is 32.9 Å². The minimum absolute atomic E-state index is 0.0452. The van der Waals surface area contributed by atoms with E-state index in [1.165, 1.54) is 22.3 Å². The van der Waals surface area contributed by atoms with E-state index in [-0.39, 0.29) is 12.0 Å². The number of aryl methyl sites for hydroxylation is 2. The van der Waals surface area contributed by atoms with Crippen LogP contribution in [0.3, 0.4) is 0 Å². The number of hydrogen-bond acceptors (Lipinski definition) is 3. The summed E-state index contributed by atoms with van der Waals surface area (Å²) in [5.74, 6) is 0.760. The summed E-state index contributed by atoms with van der Waals surface area (Å²) in [5, 5.41) is 9.17. The van der Waals surface area contributed by atoms with E-state index < -0.39 is 0 Å². The van der Waals surface area contributed by atoms with Gasteiger partial charge in [-0.05, 0) is 47.6 Å². The zero-order valence-corrected chi connectivity index (χ0v) is 13.6. The van der Waals surface area contributed by atoms with Gasteiger partial charge in [-0.15, -0.1) is 0 Å². The fraction of sp³-hybridized carbons (Fsp3) is 0.444. The van der Waals surface area contributed by atoms with E-state index in [4.69, 9.17) is 0 Å². The molecule has 112 valence electrons. The second-order valence-electron chi connectivity index (χ2n) is 6.64. The Hall–Kier alpha value is -1.74. The summed E-state index contributed by atoms with van der Waals surface area (Å²) >= 11 is 0. The summed E-state index contributed by atoms with van der Waals surface area (Å²) in [6, 6.07) is 6.27. The molecule has 0 aliphatic rings. The smallest absolute Gasteiger partial charge is 0.133 e. The lowest BCUT2D eigenvalue weighted by atomic mass is 9.83. The first-order chi connectivity index (χ1) is 9.81. The molecule has 3 nitrogen and oxygen atoms in total. The van der Waals surface area contributed by atoms with Gasteiger partial charge in [-0.2, -0.15) is 0 Å². The molecule has 0 saturated carbocycles. The standard InChI is InChI=1S/C18H24N2O/c1-12-8-14(18(3,4)5)9-13(2)16(12)10-17-19-7-6-15(11-21)20-17/h6-9,21H,10-11H2,1-5H3. The van der Waals surface area contributed by atoms with Crippen molar-refractivity contribution in [2.24, 2.45) is 0 Å². The van der Waals surface area contributed by atoms with Crippen molar-refractivity contribution in [3.63, 3.8) is 0 Å². The minimum atomic E-state index is -0.0452. The topological polar surface area (TPSA) is 46.0 Å². The van der Waals surface area contributed by atoms with Crippen LogP contribution in [0.25, 0.3) is 0 Å². The number of aliphatic hydroxyl groups is 1. The Bertz CT molecular complexity index is 619. The lowest BCUT2D eigenvalue weighted by molar-refractivity contribution is 0.276. The third kappa shape index (κ3) is 3.67. The first kappa shape index (κ1) is 15.6. The van der Waals surface area contributed by atoms with Crippen LogP contribution in [0.2, 0.25) is 0 Å². The van der Waals surface area contributed by atoms with Crippen LogP contribution < -0.4 is 0 Å².